The van der Waals surface area contributed by atoms with E-state index in [4.69, 9.17) is 9.15 Å². The topological polar surface area (TPSA) is 116 Å². The van der Waals surface area contributed by atoms with Crippen molar-refractivity contribution in [3.63, 3.8) is 0 Å². The Morgan fingerprint density at radius 1 is 1.37 bits per heavy atom. The Hall–Kier alpha value is -2.66. The molecule has 1 N–H and O–H groups in total. The van der Waals surface area contributed by atoms with Crippen LogP contribution in [0.4, 0.5) is 5.13 Å². The van der Waals surface area contributed by atoms with Crippen molar-refractivity contribution in [1.29, 1.82) is 0 Å². The van der Waals surface area contributed by atoms with Crippen LogP contribution in [0.25, 0.3) is 11.1 Å². The maximum Gasteiger partial charge on any atom is 0.420 e. The van der Waals surface area contributed by atoms with E-state index in [1.807, 2.05) is 0 Å². The van der Waals surface area contributed by atoms with E-state index in [-0.39, 0.29) is 16.9 Å². The number of benzene rings is 1. The molecular formula is C16H16N4O5S2. The zero-order chi connectivity index (χ0) is 19.4. The van der Waals surface area contributed by atoms with Crippen LogP contribution in [0.1, 0.15) is 19.9 Å². The molecule has 1 amide bonds. The molecule has 0 aliphatic carbocycles. The lowest BCUT2D eigenvalue weighted by atomic mass is 10.2. The number of rotatable bonds is 7. The number of hydrogen-bond donors (Lipinski definition) is 1. The Kier molecular flexibility index (Phi) is 5.91. The summed E-state index contributed by atoms with van der Waals surface area (Å²) in [4.78, 5) is 36.0. The average molecular weight is 408 g/mol. The highest BCUT2D eigenvalue weighted by Crippen LogP contribution is 2.26. The van der Waals surface area contributed by atoms with Gasteiger partial charge in [-0.05, 0) is 26.0 Å². The number of fused-ring (bicyclic) bond motifs is 1. The molecule has 0 saturated heterocycles. The maximum absolute atomic E-state index is 12.5. The second-order valence-corrected chi connectivity index (χ2v) is 7.54. The van der Waals surface area contributed by atoms with E-state index >= 15 is 0 Å². The summed E-state index contributed by atoms with van der Waals surface area (Å²) in [5.74, 6) is -1.27. The molecule has 1 atom stereocenters. The molecule has 3 aromatic rings. The largest absolute Gasteiger partial charge is 0.465 e. The Labute approximate surface area is 161 Å². The van der Waals surface area contributed by atoms with Crippen LogP contribution in [0.2, 0.25) is 0 Å². The zero-order valence-electron chi connectivity index (χ0n) is 14.5. The fourth-order valence-electron chi connectivity index (χ4n) is 2.32. The van der Waals surface area contributed by atoms with Gasteiger partial charge in [-0.25, -0.2) is 4.79 Å². The third kappa shape index (κ3) is 4.37. The molecule has 27 heavy (non-hydrogen) atoms. The number of hydrogen-bond acceptors (Lipinski definition) is 9. The lowest BCUT2D eigenvalue weighted by Crippen LogP contribution is -2.29. The summed E-state index contributed by atoms with van der Waals surface area (Å²) in [6.07, 6.45) is 0. The normalized spacial score (nSPS) is 12.1. The number of ether oxygens (including phenoxy) is 1. The molecule has 0 radical (unpaired) electrons. The number of aromatic nitrogens is 3. The summed E-state index contributed by atoms with van der Waals surface area (Å²) in [6.45, 7) is 3.64. The van der Waals surface area contributed by atoms with Crippen LogP contribution in [0.3, 0.4) is 0 Å². The molecule has 9 nitrogen and oxygen atoms in total. The first-order chi connectivity index (χ1) is 13.0. The van der Waals surface area contributed by atoms with Gasteiger partial charge in [0.05, 0.1) is 17.9 Å². The summed E-state index contributed by atoms with van der Waals surface area (Å²) in [6, 6.07) is 6.07. The van der Waals surface area contributed by atoms with Crippen LogP contribution in [0, 0.1) is 0 Å². The standard InChI is InChI=1S/C16H16N4O5S2/c1-3-24-12(21)8-26-15-19-18-14(27-15)17-13(22)9(2)20-10-6-4-5-7-11(10)25-16(20)23/h4-7,9H,3,8H2,1-2H3,(H,17,18,22). The van der Waals surface area contributed by atoms with Gasteiger partial charge in [-0.15, -0.1) is 10.2 Å². The second kappa shape index (κ2) is 8.35. The van der Waals surface area contributed by atoms with Gasteiger partial charge in [0.1, 0.15) is 6.04 Å². The highest BCUT2D eigenvalue weighted by molar-refractivity contribution is 8.01. The maximum atomic E-state index is 12.5. The first-order valence-electron chi connectivity index (χ1n) is 8.02. The molecule has 142 valence electrons. The molecule has 0 saturated carbocycles. The molecular weight excluding hydrogens is 392 g/mol. The van der Waals surface area contributed by atoms with E-state index < -0.39 is 17.7 Å². The van der Waals surface area contributed by atoms with Crippen LogP contribution in [0.15, 0.2) is 37.8 Å². The molecule has 0 bridgehead atoms. The van der Waals surface area contributed by atoms with Crippen molar-refractivity contribution >= 4 is 51.2 Å². The number of nitrogens with zero attached hydrogens (tertiary/aromatic N) is 3. The SMILES string of the molecule is CCOC(=O)CSc1nnc(NC(=O)C(C)n2c(=O)oc3ccccc32)s1. The summed E-state index contributed by atoms with van der Waals surface area (Å²) in [5.41, 5.74) is 0.948. The van der Waals surface area contributed by atoms with E-state index in [2.05, 4.69) is 15.5 Å². The fourth-order valence-corrected chi connectivity index (χ4v) is 3.87. The third-order valence-corrected chi connectivity index (χ3v) is 5.49. The van der Waals surface area contributed by atoms with Gasteiger partial charge >= 0.3 is 11.7 Å². The minimum Gasteiger partial charge on any atom is -0.465 e. The Bertz CT molecular complexity index is 1030. The van der Waals surface area contributed by atoms with Gasteiger partial charge in [-0.1, -0.05) is 35.2 Å². The molecule has 0 spiro atoms. The number of esters is 1. The van der Waals surface area contributed by atoms with E-state index in [0.717, 1.165) is 11.3 Å². The number of amides is 1. The highest BCUT2D eigenvalue weighted by Gasteiger charge is 2.22. The van der Waals surface area contributed by atoms with Crippen molar-refractivity contribution in [3.8, 4) is 0 Å². The number of carbonyl (C=O) groups is 2. The molecule has 0 aliphatic heterocycles. The zero-order valence-corrected chi connectivity index (χ0v) is 16.1. The summed E-state index contributed by atoms with van der Waals surface area (Å²) >= 11 is 2.31. The predicted octanol–water partition coefficient (Wildman–Crippen LogP) is 2.30. The smallest absolute Gasteiger partial charge is 0.420 e. The first-order valence-corrected chi connectivity index (χ1v) is 9.82. The summed E-state index contributed by atoms with van der Waals surface area (Å²) < 4.78 is 11.8. The van der Waals surface area contributed by atoms with Crippen molar-refractivity contribution in [2.75, 3.05) is 17.7 Å². The van der Waals surface area contributed by atoms with Gasteiger partial charge in [0, 0.05) is 0 Å². The molecule has 2 heterocycles. The average Bonchev–Trinajstić information content (AvgIpc) is 3.22. The Morgan fingerprint density at radius 2 is 2.15 bits per heavy atom. The quantitative estimate of drug-likeness (QED) is 0.360. The lowest BCUT2D eigenvalue weighted by Gasteiger charge is -2.11. The van der Waals surface area contributed by atoms with Crippen LogP contribution < -0.4 is 11.1 Å². The van der Waals surface area contributed by atoms with Crippen molar-refractivity contribution in [2.45, 2.75) is 24.2 Å². The molecule has 1 aromatic carbocycles. The van der Waals surface area contributed by atoms with Gasteiger partial charge in [-0.3, -0.25) is 19.5 Å². The number of oxazole rings is 1. The van der Waals surface area contributed by atoms with Gasteiger partial charge in [0.15, 0.2) is 9.92 Å². The minimum absolute atomic E-state index is 0.114. The summed E-state index contributed by atoms with van der Waals surface area (Å²) in [7, 11) is 0. The van der Waals surface area contributed by atoms with Crippen molar-refractivity contribution in [2.24, 2.45) is 0 Å². The monoisotopic (exact) mass is 408 g/mol. The van der Waals surface area contributed by atoms with Crippen LogP contribution >= 0.6 is 23.1 Å². The number of para-hydroxylation sites is 2. The van der Waals surface area contributed by atoms with E-state index in [0.29, 0.717) is 22.0 Å². The van der Waals surface area contributed by atoms with Crippen LogP contribution in [-0.4, -0.2) is 39.0 Å². The molecule has 0 aliphatic rings. The van der Waals surface area contributed by atoms with Gasteiger partial charge in [-0.2, -0.15) is 0 Å². The van der Waals surface area contributed by atoms with Crippen LogP contribution in [0.5, 0.6) is 0 Å². The van der Waals surface area contributed by atoms with Gasteiger partial charge in [0.25, 0.3) is 0 Å². The Morgan fingerprint density at radius 3 is 2.93 bits per heavy atom. The molecule has 0 fully saturated rings. The van der Waals surface area contributed by atoms with Gasteiger partial charge < -0.3 is 9.15 Å². The van der Waals surface area contributed by atoms with Crippen molar-refractivity contribution < 1.29 is 18.7 Å². The first kappa shape index (κ1) is 19.1. The van der Waals surface area contributed by atoms with Crippen molar-refractivity contribution in [1.82, 2.24) is 14.8 Å². The molecule has 1 unspecified atom stereocenters. The fraction of sp³-hybridized carbons (Fsp3) is 0.312. The second-order valence-electron chi connectivity index (χ2n) is 5.34. The number of nitrogens with one attached hydrogen (secondary N) is 1. The number of thioether (sulfide) groups is 1. The Balaban J connectivity index is 1.67. The molecule has 3 rings (SSSR count). The lowest BCUT2D eigenvalue weighted by molar-refractivity contribution is -0.139. The molecule has 2 aromatic heterocycles. The third-order valence-electron chi connectivity index (χ3n) is 3.54. The summed E-state index contributed by atoms with van der Waals surface area (Å²) in [5, 5.41) is 10.7. The number of anilines is 1. The van der Waals surface area contributed by atoms with Gasteiger partial charge in [0.2, 0.25) is 11.0 Å². The van der Waals surface area contributed by atoms with E-state index in [1.54, 1.807) is 38.1 Å². The molecule has 11 heteroatoms. The predicted molar refractivity (Wildman–Crippen MR) is 101 cm³/mol. The minimum atomic E-state index is -0.805. The van der Waals surface area contributed by atoms with E-state index in [9.17, 15) is 14.4 Å². The van der Waals surface area contributed by atoms with E-state index in [1.165, 1.54) is 16.3 Å². The van der Waals surface area contributed by atoms with Crippen molar-refractivity contribution in [3.05, 3.63) is 34.8 Å². The highest BCUT2D eigenvalue weighted by atomic mass is 32.2. The van der Waals surface area contributed by atoms with Crippen LogP contribution in [-0.2, 0) is 14.3 Å². The number of carbonyl (C=O) groups excluding carboxylic acids is 2.